The van der Waals surface area contributed by atoms with Gasteiger partial charge in [0.15, 0.2) is 5.78 Å². The van der Waals surface area contributed by atoms with Gasteiger partial charge in [-0.15, -0.1) is 0 Å². The smallest absolute Gasteiger partial charge is 0.185 e. The number of hydrogen-bond donors (Lipinski definition) is 1. The normalized spacial score (nSPS) is 31.1. The van der Waals surface area contributed by atoms with Crippen LogP contribution in [0.3, 0.4) is 0 Å². The van der Waals surface area contributed by atoms with Crippen LogP contribution in [0.5, 0.6) is 0 Å². The van der Waals surface area contributed by atoms with Crippen molar-refractivity contribution in [1.82, 2.24) is 15.3 Å². The van der Waals surface area contributed by atoms with Crippen molar-refractivity contribution in [3.05, 3.63) is 23.8 Å². The molecule has 1 aromatic heterocycles. The highest BCUT2D eigenvalue weighted by molar-refractivity contribution is 5.96. The summed E-state index contributed by atoms with van der Waals surface area (Å²) < 4.78 is 5.49. The molecule has 2 atom stereocenters. The van der Waals surface area contributed by atoms with Gasteiger partial charge in [0.05, 0.1) is 25.1 Å². The second-order valence-electron chi connectivity index (χ2n) is 5.18. The maximum absolute atomic E-state index is 12.4. The number of ether oxygens (including phenoxy) is 1. The zero-order chi connectivity index (χ0) is 12.5. The summed E-state index contributed by atoms with van der Waals surface area (Å²) in [7, 11) is 0. The fourth-order valence-electron chi connectivity index (χ4n) is 2.84. The predicted octanol–water partition coefficient (Wildman–Crippen LogP) is 0.735. The molecule has 0 saturated carbocycles. The Bertz CT molecular complexity index is 451. The maximum Gasteiger partial charge on any atom is 0.185 e. The van der Waals surface area contributed by atoms with Crippen LogP contribution in [0.4, 0.5) is 0 Å². The molecular weight excluding hydrogens is 230 g/mol. The van der Waals surface area contributed by atoms with Gasteiger partial charge in [-0.05, 0) is 19.8 Å². The minimum atomic E-state index is 0.0567. The Morgan fingerprint density at radius 3 is 2.72 bits per heavy atom. The van der Waals surface area contributed by atoms with Crippen molar-refractivity contribution in [3.63, 3.8) is 0 Å². The van der Waals surface area contributed by atoms with Crippen LogP contribution in [-0.4, -0.2) is 41.0 Å². The average Bonchev–Trinajstić information content (AvgIpc) is 2.37. The van der Waals surface area contributed by atoms with Crippen LogP contribution >= 0.6 is 0 Å². The highest BCUT2D eigenvalue weighted by atomic mass is 16.5. The summed E-state index contributed by atoms with van der Waals surface area (Å²) in [5, 5.41) is 3.49. The summed E-state index contributed by atoms with van der Waals surface area (Å²) in [5.41, 5.74) is 1.29. The monoisotopic (exact) mass is 247 g/mol. The van der Waals surface area contributed by atoms with E-state index in [0.717, 1.165) is 18.5 Å². The lowest BCUT2D eigenvalue weighted by Crippen LogP contribution is -2.55. The van der Waals surface area contributed by atoms with Gasteiger partial charge in [0.25, 0.3) is 0 Å². The highest BCUT2D eigenvalue weighted by Crippen LogP contribution is 2.26. The van der Waals surface area contributed by atoms with Crippen LogP contribution in [-0.2, 0) is 4.74 Å². The van der Waals surface area contributed by atoms with Crippen LogP contribution in [0.1, 0.15) is 29.0 Å². The van der Waals surface area contributed by atoms with E-state index in [4.69, 9.17) is 4.74 Å². The number of carbonyl (C=O) groups excluding carboxylic acids is 1. The molecule has 2 aliphatic rings. The zero-order valence-corrected chi connectivity index (χ0v) is 10.4. The summed E-state index contributed by atoms with van der Waals surface area (Å²) in [6.45, 7) is 3.27. The summed E-state index contributed by atoms with van der Waals surface area (Å²) in [5.74, 6) is 0.186. The number of rotatable bonds is 2. The first-order valence-electron chi connectivity index (χ1n) is 6.39. The van der Waals surface area contributed by atoms with E-state index in [2.05, 4.69) is 15.3 Å². The van der Waals surface area contributed by atoms with Crippen LogP contribution in [0.2, 0.25) is 0 Å². The van der Waals surface area contributed by atoms with E-state index in [0.29, 0.717) is 31.0 Å². The van der Waals surface area contributed by atoms with E-state index < -0.39 is 0 Å². The van der Waals surface area contributed by atoms with Crippen molar-refractivity contribution < 1.29 is 9.53 Å². The molecular formula is C13H17N3O2. The van der Waals surface area contributed by atoms with Gasteiger partial charge >= 0.3 is 0 Å². The quantitative estimate of drug-likeness (QED) is 0.781. The van der Waals surface area contributed by atoms with E-state index in [1.165, 1.54) is 0 Å². The number of hydrogen-bond acceptors (Lipinski definition) is 5. The number of piperidine rings is 1. The second-order valence-corrected chi connectivity index (χ2v) is 5.18. The summed E-state index contributed by atoms with van der Waals surface area (Å²) in [6.07, 6.45) is 4.92. The molecule has 3 heterocycles. The third-order valence-corrected chi connectivity index (χ3v) is 3.63. The second kappa shape index (κ2) is 4.74. The van der Waals surface area contributed by atoms with Crippen LogP contribution in [0.25, 0.3) is 0 Å². The van der Waals surface area contributed by atoms with Crippen molar-refractivity contribution in [1.29, 1.82) is 0 Å². The Balaban J connectivity index is 1.76. The van der Waals surface area contributed by atoms with Gasteiger partial charge in [-0.1, -0.05) is 0 Å². The Hall–Kier alpha value is -1.33. The fraction of sp³-hybridized carbons (Fsp3) is 0.615. The highest BCUT2D eigenvalue weighted by Gasteiger charge is 2.35. The molecule has 2 fully saturated rings. The van der Waals surface area contributed by atoms with E-state index in [1.807, 2.05) is 6.92 Å². The van der Waals surface area contributed by atoms with Crippen LogP contribution < -0.4 is 5.32 Å². The third-order valence-electron chi connectivity index (χ3n) is 3.63. The third kappa shape index (κ3) is 2.28. The molecule has 18 heavy (non-hydrogen) atoms. The number of carbonyl (C=O) groups is 1. The molecule has 2 aliphatic heterocycles. The van der Waals surface area contributed by atoms with Crippen molar-refractivity contribution in [2.45, 2.75) is 31.8 Å². The standard InChI is InChI=1S/C13H17N3O2/c1-8-4-14-5-12(15-8)13(17)9-2-10-6-18-7-11(3-9)16-10/h4-5,9-11,16H,2-3,6-7H2,1H3. The largest absolute Gasteiger partial charge is 0.378 e. The lowest BCUT2D eigenvalue weighted by molar-refractivity contribution is 0.00942. The molecule has 1 N–H and O–H groups in total. The molecule has 5 nitrogen and oxygen atoms in total. The van der Waals surface area contributed by atoms with Gasteiger partial charge in [-0.3, -0.25) is 9.78 Å². The first kappa shape index (κ1) is 11.7. The summed E-state index contributed by atoms with van der Waals surface area (Å²) in [6, 6.07) is 0.619. The molecule has 2 unspecified atom stereocenters. The minimum absolute atomic E-state index is 0.0567. The lowest BCUT2D eigenvalue weighted by atomic mass is 9.83. The van der Waals surface area contributed by atoms with Gasteiger partial charge in [-0.25, -0.2) is 4.98 Å². The fourth-order valence-corrected chi connectivity index (χ4v) is 2.84. The summed E-state index contributed by atoms with van der Waals surface area (Å²) >= 11 is 0. The number of nitrogens with one attached hydrogen (secondary N) is 1. The molecule has 2 saturated heterocycles. The predicted molar refractivity (Wildman–Crippen MR) is 65.4 cm³/mol. The summed E-state index contributed by atoms with van der Waals surface area (Å²) in [4.78, 5) is 20.7. The van der Waals surface area contributed by atoms with E-state index in [1.54, 1.807) is 12.4 Å². The number of ketones is 1. The SMILES string of the molecule is Cc1cncc(C(=O)C2CC3COCC(C2)N3)n1. The van der Waals surface area contributed by atoms with E-state index >= 15 is 0 Å². The minimum Gasteiger partial charge on any atom is -0.378 e. The molecule has 96 valence electrons. The number of aryl methyl sites for hydroxylation is 1. The number of fused-ring (bicyclic) bond motifs is 2. The molecule has 2 bridgehead atoms. The van der Waals surface area contributed by atoms with Crippen molar-refractivity contribution in [3.8, 4) is 0 Å². The van der Waals surface area contributed by atoms with Crippen molar-refractivity contribution in [2.75, 3.05) is 13.2 Å². The van der Waals surface area contributed by atoms with Crippen LogP contribution in [0, 0.1) is 12.8 Å². The molecule has 5 heteroatoms. The van der Waals surface area contributed by atoms with Crippen molar-refractivity contribution >= 4 is 5.78 Å². The Labute approximate surface area is 106 Å². The van der Waals surface area contributed by atoms with E-state index in [-0.39, 0.29) is 11.7 Å². The molecule has 0 aliphatic carbocycles. The average molecular weight is 247 g/mol. The van der Waals surface area contributed by atoms with Gasteiger partial charge in [-0.2, -0.15) is 0 Å². The van der Waals surface area contributed by atoms with Gasteiger partial charge in [0, 0.05) is 24.2 Å². The van der Waals surface area contributed by atoms with Gasteiger partial charge < -0.3 is 10.1 Å². The topological polar surface area (TPSA) is 64.1 Å². The molecule has 0 spiro atoms. The molecule has 0 amide bonds. The number of morpholine rings is 1. The molecule has 0 aromatic carbocycles. The Morgan fingerprint density at radius 2 is 2.06 bits per heavy atom. The maximum atomic E-state index is 12.4. The number of aromatic nitrogens is 2. The number of nitrogens with zero attached hydrogens (tertiary/aromatic N) is 2. The van der Waals surface area contributed by atoms with Gasteiger partial charge in [0.1, 0.15) is 5.69 Å². The van der Waals surface area contributed by atoms with Crippen LogP contribution in [0.15, 0.2) is 12.4 Å². The molecule has 0 radical (unpaired) electrons. The zero-order valence-electron chi connectivity index (χ0n) is 10.4. The van der Waals surface area contributed by atoms with E-state index in [9.17, 15) is 4.79 Å². The Kier molecular flexibility index (Phi) is 3.09. The first-order valence-corrected chi connectivity index (χ1v) is 6.39. The van der Waals surface area contributed by atoms with Gasteiger partial charge in [0.2, 0.25) is 0 Å². The first-order chi connectivity index (χ1) is 8.72. The molecule has 1 aromatic rings. The lowest BCUT2D eigenvalue weighted by Gasteiger charge is -2.39. The Morgan fingerprint density at radius 1 is 1.33 bits per heavy atom. The number of Topliss-reactive ketones (excluding diaryl/α,β-unsaturated/α-hetero) is 1. The molecule has 3 rings (SSSR count). The van der Waals surface area contributed by atoms with Crippen molar-refractivity contribution in [2.24, 2.45) is 5.92 Å².